The number of Topliss-reactive ketones (excluding diaryl/α,β-unsaturated/α-hetero) is 1. The van der Waals surface area contributed by atoms with E-state index in [9.17, 15) is 34.2 Å². The number of fused-ring (bicyclic) bond motifs is 1. The van der Waals surface area contributed by atoms with Crippen molar-refractivity contribution in [2.45, 2.75) is 50.6 Å². The van der Waals surface area contributed by atoms with Crippen molar-refractivity contribution in [2.75, 3.05) is 5.73 Å². The summed E-state index contributed by atoms with van der Waals surface area (Å²) in [6.07, 6.45) is 1.56. The Balaban J connectivity index is 1.65. The maximum Gasteiger partial charge on any atom is 0.320 e. The van der Waals surface area contributed by atoms with Crippen molar-refractivity contribution >= 4 is 46.6 Å². The number of carbonyl (C=O) groups is 5. The number of carboxylic acids is 3. The molecular formula is C26H29N5O10. The van der Waals surface area contributed by atoms with E-state index in [-0.39, 0.29) is 23.1 Å². The number of aromatic hydroxyl groups is 1. The first-order valence-electron chi connectivity index (χ1n) is 12.5. The van der Waals surface area contributed by atoms with Crippen LogP contribution in [0, 0.1) is 5.92 Å². The quantitative estimate of drug-likeness (QED) is 0.124. The molecule has 41 heavy (non-hydrogen) atoms. The van der Waals surface area contributed by atoms with Crippen LogP contribution in [0.3, 0.4) is 0 Å². The van der Waals surface area contributed by atoms with Gasteiger partial charge in [0.2, 0.25) is 17.5 Å². The van der Waals surface area contributed by atoms with Gasteiger partial charge in [-0.1, -0.05) is 12.1 Å². The number of carbonyl (C=O) groups excluding carboxylic acids is 2. The second kappa shape index (κ2) is 13.3. The Morgan fingerprint density at radius 2 is 1.66 bits per heavy atom. The van der Waals surface area contributed by atoms with Crippen LogP contribution < -0.4 is 16.8 Å². The lowest BCUT2D eigenvalue weighted by atomic mass is 9.89. The number of nitrogens with two attached hydrogens (primary N) is 2. The van der Waals surface area contributed by atoms with Crippen molar-refractivity contribution in [2.24, 2.45) is 11.7 Å². The Morgan fingerprint density at radius 1 is 0.976 bits per heavy atom. The Morgan fingerprint density at radius 3 is 2.27 bits per heavy atom. The van der Waals surface area contributed by atoms with Crippen LogP contribution in [0.25, 0.3) is 11.1 Å². The van der Waals surface area contributed by atoms with Crippen LogP contribution in [-0.4, -0.2) is 72.1 Å². The largest absolute Gasteiger partial charge is 0.493 e. The van der Waals surface area contributed by atoms with Crippen LogP contribution in [0.15, 0.2) is 34.9 Å². The summed E-state index contributed by atoms with van der Waals surface area (Å²) in [5, 5.41) is 40.3. The molecule has 0 aliphatic carbocycles. The molecule has 15 nitrogen and oxygen atoms in total. The van der Waals surface area contributed by atoms with Gasteiger partial charge in [-0.25, -0.2) is 0 Å². The molecule has 1 amide bonds. The van der Waals surface area contributed by atoms with Crippen LogP contribution >= 0.6 is 0 Å². The van der Waals surface area contributed by atoms with Gasteiger partial charge < -0.3 is 41.6 Å². The highest BCUT2D eigenvalue weighted by molar-refractivity contribution is 6.04. The highest BCUT2D eigenvalue weighted by atomic mass is 16.4. The fourth-order valence-electron chi connectivity index (χ4n) is 4.22. The van der Waals surface area contributed by atoms with Crippen LogP contribution in [0.1, 0.15) is 47.2 Å². The smallest absolute Gasteiger partial charge is 0.320 e. The lowest BCUT2D eigenvalue weighted by Crippen LogP contribution is -2.47. The van der Waals surface area contributed by atoms with E-state index in [0.717, 1.165) is 5.56 Å². The standard InChI is InChI=1S/C26H29N5O10/c27-16(25(39)40)10-15(24(37)38)20(34)17(8-9-18(32)33)29-21(35)13-6-4-12(5-7-13)2-1-3-14-11-41-23-19(14)22(36)30-26(28)31-23/h4-7,11,15-17H,1-3,8-10,27H2,(H,29,35)(H,32,33)(H,37,38)(H,39,40)(H3,28,30,31,36)/t15?,16-,17-/m0/s1. The average molecular weight is 572 g/mol. The number of rotatable bonds is 15. The molecule has 0 saturated carbocycles. The predicted octanol–water partition coefficient (Wildman–Crippen LogP) is 0.721. The van der Waals surface area contributed by atoms with E-state index in [2.05, 4.69) is 15.3 Å². The molecule has 2 heterocycles. The summed E-state index contributed by atoms with van der Waals surface area (Å²) in [6, 6.07) is 3.21. The number of anilines is 1. The zero-order chi connectivity index (χ0) is 30.3. The van der Waals surface area contributed by atoms with Gasteiger partial charge in [-0.05, 0) is 49.8 Å². The highest BCUT2D eigenvalue weighted by Gasteiger charge is 2.36. The molecule has 0 aliphatic rings. The van der Waals surface area contributed by atoms with Gasteiger partial charge in [-0.2, -0.15) is 9.97 Å². The summed E-state index contributed by atoms with van der Waals surface area (Å²) in [5.41, 5.74) is 12.8. The van der Waals surface area contributed by atoms with Crippen LogP contribution in [0.2, 0.25) is 0 Å². The average Bonchev–Trinajstić information content (AvgIpc) is 3.31. The Bertz CT molecular complexity index is 1450. The van der Waals surface area contributed by atoms with Crippen molar-refractivity contribution in [1.29, 1.82) is 0 Å². The number of aryl methyl sites for hydroxylation is 2. The Labute approximate surface area is 232 Å². The topological polar surface area (TPSA) is 269 Å². The van der Waals surface area contributed by atoms with E-state index in [1.807, 2.05) is 0 Å². The van der Waals surface area contributed by atoms with Crippen LogP contribution in [0.5, 0.6) is 5.88 Å². The summed E-state index contributed by atoms with van der Waals surface area (Å²) in [4.78, 5) is 67.3. The van der Waals surface area contributed by atoms with Crippen LogP contribution in [-0.2, 0) is 32.0 Å². The number of hydrogen-bond donors (Lipinski definition) is 7. The first-order valence-corrected chi connectivity index (χ1v) is 12.5. The summed E-state index contributed by atoms with van der Waals surface area (Å²) < 4.78 is 5.33. The molecule has 0 spiro atoms. The van der Waals surface area contributed by atoms with E-state index >= 15 is 0 Å². The number of benzene rings is 1. The van der Waals surface area contributed by atoms with Crippen molar-refractivity contribution in [1.82, 2.24) is 15.3 Å². The minimum atomic E-state index is -1.86. The Kier molecular flexibility index (Phi) is 9.92. The third kappa shape index (κ3) is 7.98. The van der Waals surface area contributed by atoms with E-state index < -0.39 is 66.9 Å². The van der Waals surface area contributed by atoms with Crippen LogP contribution in [0.4, 0.5) is 5.95 Å². The molecule has 15 heteroatoms. The number of amides is 1. The molecule has 0 saturated heterocycles. The molecule has 218 valence electrons. The molecule has 0 aliphatic heterocycles. The molecule has 0 fully saturated rings. The van der Waals surface area contributed by atoms with Crippen molar-refractivity contribution in [3.63, 3.8) is 0 Å². The first kappa shape index (κ1) is 30.5. The summed E-state index contributed by atoms with van der Waals surface area (Å²) in [5.74, 6) is -8.45. The maximum atomic E-state index is 12.9. The lowest BCUT2D eigenvalue weighted by molar-refractivity contribution is -0.148. The number of carboxylic acid groups (broad SMARTS) is 3. The fraction of sp³-hybridized carbons (Fsp3) is 0.346. The molecule has 9 N–H and O–H groups in total. The zero-order valence-corrected chi connectivity index (χ0v) is 21.6. The number of aliphatic carboxylic acids is 3. The summed E-state index contributed by atoms with van der Waals surface area (Å²) in [7, 11) is 0. The minimum Gasteiger partial charge on any atom is -0.493 e. The third-order valence-corrected chi connectivity index (χ3v) is 6.38. The molecule has 3 aromatic rings. The van der Waals surface area contributed by atoms with Gasteiger partial charge in [0, 0.05) is 17.5 Å². The van der Waals surface area contributed by atoms with Gasteiger partial charge in [0.25, 0.3) is 5.91 Å². The van der Waals surface area contributed by atoms with Gasteiger partial charge in [0.05, 0.1) is 12.3 Å². The normalized spacial score (nSPS) is 13.3. The van der Waals surface area contributed by atoms with Gasteiger partial charge in [-0.15, -0.1) is 0 Å². The van der Waals surface area contributed by atoms with E-state index in [4.69, 9.17) is 26.1 Å². The van der Waals surface area contributed by atoms with Crippen molar-refractivity contribution in [3.05, 3.63) is 47.2 Å². The number of aromatic nitrogens is 2. The van der Waals surface area contributed by atoms with E-state index in [0.29, 0.717) is 30.2 Å². The molecular weight excluding hydrogens is 542 g/mol. The number of hydrogen-bond acceptors (Lipinski definition) is 11. The molecule has 2 aromatic heterocycles. The number of nitrogens with one attached hydrogen (secondary N) is 1. The third-order valence-electron chi connectivity index (χ3n) is 6.38. The molecule has 3 atom stereocenters. The van der Waals surface area contributed by atoms with Crippen molar-refractivity contribution in [3.8, 4) is 5.88 Å². The molecule has 0 radical (unpaired) electrons. The number of furan rings is 1. The number of nitrogens with zero attached hydrogens (tertiary/aromatic N) is 2. The second-order valence-corrected chi connectivity index (χ2v) is 9.33. The lowest BCUT2D eigenvalue weighted by Gasteiger charge is -2.22. The summed E-state index contributed by atoms with van der Waals surface area (Å²) in [6.45, 7) is 0. The molecule has 1 aromatic carbocycles. The fourth-order valence-corrected chi connectivity index (χ4v) is 4.22. The van der Waals surface area contributed by atoms with Gasteiger partial charge >= 0.3 is 17.9 Å². The van der Waals surface area contributed by atoms with Gasteiger partial charge in [0.15, 0.2) is 5.78 Å². The minimum absolute atomic E-state index is 0.110. The molecule has 1 unspecified atom stereocenters. The molecule has 0 bridgehead atoms. The van der Waals surface area contributed by atoms with Crippen molar-refractivity contribution < 1.29 is 48.8 Å². The predicted molar refractivity (Wildman–Crippen MR) is 141 cm³/mol. The number of ketones is 1. The highest BCUT2D eigenvalue weighted by Crippen LogP contribution is 2.28. The number of nitrogen functional groups attached to an aromatic ring is 1. The Hall–Kier alpha value is -5.05. The van der Waals surface area contributed by atoms with Gasteiger partial charge in [-0.3, -0.25) is 24.0 Å². The van der Waals surface area contributed by atoms with Gasteiger partial charge in [0.1, 0.15) is 17.3 Å². The van der Waals surface area contributed by atoms with E-state index in [1.165, 1.54) is 18.4 Å². The molecule has 3 rings (SSSR count). The monoisotopic (exact) mass is 571 g/mol. The zero-order valence-electron chi connectivity index (χ0n) is 21.6. The first-order chi connectivity index (χ1) is 19.4. The second-order valence-electron chi connectivity index (χ2n) is 9.33. The SMILES string of the molecule is Nc1nc(O)c2c(CCCc3ccc(C(=O)N[C@@H](CCC(=O)O)C(=O)C(C[C@H](N)C(=O)O)C(=O)O)cc3)coc2n1. The van der Waals surface area contributed by atoms with E-state index in [1.54, 1.807) is 12.1 Å². The maximum absolute atomic E-state index is 12.9. The summed E-state index contributed by atoms with van der Waals surface area (Å²) >= 11 is 0.